The molecule has 1 amide bonds. The maximum absolute atomic E-state index is 13.3. The predicted octanol–water partition coefficient (Wildman–Crippen LogP) is 2.61. The Bertz CT molecular complexity index is 833. The number of nitrogens with one attached hydrogen (secondary N) is 1. The number of nitrogens with zero attached hydrogens (tertiary/aromatic N) is 5. The Kier molecular flexibility index (Phi) is 6.07. The van der Waals surface area contributed by atoms with E-state index in [2.05, 4.69) is 20.3 Å². The summed E-state index contributed by atoms with van der Waals surface area (Å²) in [5, 5.41) is 3.10. The molecule has 3 rings (SSSR count). The van der Waals surface area contributed by atoms with Gasteiger partial charge in [-0.15, -0.1) is 0 Å². The van der Waals surface area contributed by atoms with Crippen LogP contribution in [0.15, 0.2) is 6.33 Å². The third-order valence-corrected chi connectivity index (χ3v) is 4.82. The van der Waals surface area contributed by atoms with Crippen LogP contribution in [0.1, 0.15) is 46.4 Å². The summed E-state index contributed by atoms with van der Waals surface area (Å²) in [6.45, 7) is 8.84. The summed E-state index contributed by atoms with van der Waals surface area (Å²) in [5.41, 5.74) is 0.570. The molecular weight excluding hydrogens is 370 g/mol. The van der Waals surface area contributed by atoms with Crippen LogP contribution < -0.4 is 5.32 Å². The molecule has 0 aromatic carbocycles. The molecule has 8 nitrogen and oxygen atoms in total. The van der Waals surface area contributed by atoms with Gasteiger partial charge in [-0.05, 0) is 27.2 Å². The van der Waals surface area contributed by atoms with E-state index in [9.17, 15) is 13.6 Å². The maximum Gasteiger partial charge on any atom is 0.295 e. The first-order valence-corrected chi connectivity index (χ1v) is 9.55. The normalized spacial score (nSPS) is 21.3. The van der Waals surface area contributed by atoms with Crippen molar-refractivity contribution in [1.29, 1.82) is 0 Å². The predicted molar refractivity (Wildman–Crippen MR) is 100 cm³/mol. The number of rotatable bonds is 6. The molecule has 0 spiro atoms. The van der Waals surface area contributed by atoms with Gasteiger partial charge in [-0.25, -0.2) is 23.7 Å². The Morgan fingerprint density at radius 2 is 1.96 bits per heavy atom. The average molecular weight is 396 g/mol. The topological polar surface area (TPSA) is 85.2 Å². The number of fused-ring (bicyclic) bond motifs is 1. The van der Waals surface area contributed by atoms with Crippen molar-refractivity contribution in [2.24, 2.45) is 0 Å². The fourth-order valence-corrected chi connectivity index (χ4v) is 3.62. The molecule has 0 aliphatic carbocycles. The molecule has 154 valence electrons. The van der Waals surface area contributed by atoms with Crippen LogP contribution >= 0.6 is 0 Å². The minimum atomic E-state index is -2.72. The van der Waals surface area contributed by atoms with Crippen molar-refractivity contribution in [3.63, 3.8) is 0 Å². The second-order valence-corrected chi connectivity index (χ2v) is 7.02. The molecule has 0 bridgehead atoms. The van der Waals surface area contributed by atoms with Crippen molar-refractivity contribution in [2.75, 3.05) is 18.4 Å². The molecule has 1 saturated heterocycles. The van der Waals surface area contributed by atoms with Gasteiger partial charge in [-0.2, -0.15) is 0 Å². The van der Waals surface area contributed by atoms with Crippen molar-refractivity contribution in [3.05, 3.63) is 12.2 Å². The lowest BCUT2D eigenvalue weighted by atomic mass is 10.1. The van der Waals surface area contributed by atoms with E-state index in [0.717, 1.165) is 0 Å². The standard InChI is InChI=1S/C18H26F2N6O2/c1-5-12(18(27)25-7-10(3)28-11(4)8-25)23-15-13-16(22-9-21-15)26(6-2)17(24-13)14(19)20/h9-12,14H,5-8H2,1-4H3,(H,21,22,23)/t10-,11+,12?. The number of hydrogen-bond donors (Lipinski definition) is 1. The molecule has 1 unspecified atom stereocenters. The van der Waals surface area contributed by atoms with Gasteiger partial charge in [0.25, 0.3) is 6.43 Å². The summed E-state index contributed by atoms with van der Waals surface area (Å²) in [6.07, 6.45) is -0.985. The van der Waals surface area contributed by atoms with Crippen LogP contribution in [0, 0.1) is 0 Å². The zero-order chi connectivity index (χ0) is 20.4. The van der Waals surface area contributed by atoms with Crippen molar-refractivity contribution < 1.29 is 18.3 Å². The van der Waals surface area contributed by atoms with E-state index in [1.807, 2.05) is 20.8 Å². The van der Waals surface area contributed by atoms with Gasteiger partial charge < -0.3 is 19.5 Å². The average Bonchev–Trinajstić information content (AvgIpc) is 3.04. The highest BCUT2D eigenvalue weighted by Crippen LogP contribution is 2.27. The second-order valence-electron chi connectivity index (χ2n) is 7.02. The van der Waals surface area contributed by atoms with Gasteiger partial charge in [0.15, 0.2) is 22.8 Å². The lowest BCUT2D eigenvalue weighted by Crippen LogP contribution is -2.52. The van der Waals surface area contributed by atoms with Gasteiger partial charge in [0.1, 0.15) is 12.4 Å². The first kappa shape index (κ1) is 20.4. The molecule has 28 heavy (non-hydrogen) atoms. The van der Waals surface area contributed by atoms with Crippen molar-refractivity contribution in [1.82, 2.24) is 24.4 Å². The molecule has 0 saturated carbocycles. The molecule has 1 aliphatic heterocycles. The monoisotopic (exact) mass is 396 g/mol. The number of carbonyl (C=O) groups is 1. The van der Waals surface area contributed by atoms with E-state index in [0.29, 0.717) is 31.7 Å². The number of ether oxygens (including phenoxy) is 1. The molecule has 1 N–H and O–H groups in total. The molecule has 2 aromatic heterocycles. The van der Waals surface area contributed by atoms with Gasteiger partial charge in [-0.3, -0.25) is 4.79 Å². The van der Waals surface area contributed by atoms with Crippen LogP contribution in [0.5, 0.6) is 0 Å². The highest BCUT2D eigenvalue weighted by atomic mass is 19.3. The minimum Gasteiger partial charge on any atom is -0.372 e. The van der Waals surface area contributed by atoms with E-state index in [4.69, 9.17) is 4.74 Å². The number of amides is 1. The van der Waals surface area contributed by atoms with Crippen LogP contribution in [0.4, 0.5) is 14.6 Å². The highest BCUT2D eigenvalue weighted by molar-refractivity contribution is 5.89. The Labute approximate surface area is 162 Å². The van der Waals surface area contributed by atoms with Crippen LogP contribution in [0.2, 0.25) is 0 Å². The molecular formula is C18H26F2N6O2. The summed E-state index contributed by atoms with van der Waals surface area (Å²) >= 11 is 0. The molecule has 0 radical (unpaired) electrons. The van der Waals surface area contributed by atoms with Crippen LogP contribution in [-0.4, -0.2) is 61.7 Å². The minimum absolute atomic E-state index is 0.0372. The number of carbonyl (C=O) groups excluding carboxylic acids is 1. The lowest BCUT2D eigenvalue weighted by molar-refractivity contribution is -0.144. The lowest BCUT2D eigenvalue weighted by Gasteiger charge is -2.37. The molecule has 10 heteroatoms. The largest absolute Gasteiger partial charge is 0.372 e. The van der Waals surface area contributed by atoms with Gasteiger partial charge in [-0.1, -0.05) is 6.92 Å². The van der Waals surface area contributed by atoms with Crippen LogP contribution in [0.25, 0.3) is 11.2 Å². The molecule has 3 atom stereocenters. The number of aromatic nitrogens is 4. The molecule has 3 heterocycles. The summed E-state index contributed by atoms with van der Waals surface area (Å²) in [7, 11) is 0. The smallest absolute Gasteiger partial charge is 0.295 e. The van der Waals surface area contributed by atoms with Crippen molar-refractivity contribution >= 4 is 22.9 Å². The fraction of sp³-hybridized carbons (Fsp3) is 0.667. The first-order valence-electron chi connectivity index (χ1n) is 9.55. The third-order valence-electron chi connectivity index (χ3n) is 4.82. The summed E-state index contributed by atoms with van der Waals surface area (Å²) in [5.74, 6) is -0.134. The number of alkyl halides is 2. The van der Waals surface area contributed by atoms with Crippen molar-refractivity contribution in [3.8, 4) is 0 Å². The molecule has 1 aliphatic rings. The fourth-order valence-electron chi connectivity index (χ4n) is 3.62. The quantitative estimate of drug-likeness (QED) is 0.808. The van der Waals surface area contributed by atoms with E-state index >= 15 is 0 Å². The number of hydrogen-bond acceptors (Lipinski definition) is 6. The Balaban J connectivity index is 1.88. The molecule has 2 aromatic rings. The van der Waals surface area contributed by atoms with E-state index in [1.54, 1.807) is 11.8 Å². The number of aryl methyl sites for hydroxylation is 1. The van der Waals surface area contributed by atoms with E-state index < -0.39 is 12.5 Å². The Hall–Kier alpha value is -2.36. The van der Waals surface area contributed by atoms with Gasteiger partial charge in [0.2, 0.25) is 5.91 Å². The summed E-state index contributed by atoms with van der Waals surface area (Å²) in [4.78, 5) is 27.1. The van der Waals surface area contributed by atoms with Gasteiger partial charge >= 0.3 is 0 Å². The molecule has 1 fully saturated rings. The second kappa shape index (κ2) is 8.34. The van der Waals surface area contributed by atoms with Crippen LogP contribution in [0.3, 0.4) is 0 Å². The number of imidazole rings is 1. The first-order chi connectivity index (χ1) is 13.3. The van der Waals surface area contributed by atoms with Crippen molar-refractivity contribution in [2.45, 2.75) is 65.3 Å². The maximum atomic E-state index is 13.3. The number of morpholine rings is 1. The van der Waals surface area contributed by atoms with E-state index in [1.165, 1.54) is 10.9 Å². The highest BCUT2D eigenvalue weighted by Gasteiger charge is 2.31. The van der Waals surface area contributed by atoms with Gasteiger partial charge in [0.05, 0.1) is 12.2 Å². The van der Waals surface area contributed by atoms with Gasteiger partial charge in [0, 0.05) is 19.6 Å². The zero-order valence-corrected chi connectivity index (χ0v) is 16.5. The number of halogens is 2. The summed E-state index contributed by atoms with van der Waals surface area (Å²) in [6, 6.07) is -0.544. The van der Waals surface area contributed by atoms with Crippen LogP contribution in [-0.2, 0) is 16.1 Å². The summed E-state index contributed by atoms with van der Waals surface area (Å²) < 4.78 is 33.7. The Morgan fingerprint density at radius 3 is 2.54 bits per heavy atom. The Morgan fingerprint density at radius 1 is 1.29 bits per heavy atom. The van der Waals surface area contributed by atoms with E-state index in [-0.39, 0.29) is 35.3 Å². The SMILES string of the molecule is CCC(Nc1ncnc2c1nc(C(F)F)n2CC)C(=O)N1C[C@@H](C)O[C@@H](C)C1. The number of anilines is 1. The third kappa shape index (κ3) is 3.91. The zero-order valence-electron chi connectivity index (χ0n) is 16.5.